The Morgan fingerprint density at radius 2 is 1.84 bits per heavy atom. The van der Waals surface area contributed by atoms with Gasteiger partial charge in [-0.2, -0.15) is 0 Å². The standard InChI is InChI=1S/C13H11ClO5/c1-19-13(18)12(17)7-10(15)6-11(16)8-3-2-4-9(14)5-8/h2-5H,6-7H2,1H3. The van der Waals surface area contributed by atoms with Crippen LogP contribution in [0.4, 0.5) is 0 Å². The summed E-state index contributed by atoms with van der Waals surface area (Å²) in [6.45, 7) is 0. The molecule has 0 radical (unpaired) electrons. The van der Waals surface area contributed by atoms with Crippen LogP contribution >= 0.6 is 11.6 Å². The molecule has 0 spiro atoms. The van der Waals surface area contributed by atoms with Crippen molar-refractivity contribution in [3.05, 3.63) is 34.9 Å². The van der Waals surface area contributed by atoms with Crippen molar-refractivity contribution < 1.29 is 23.9 Å². The third kappa shape index (κ3) is 4.63. The van der Waals surface area contributed by atoms with E-state index < -0.39 is 36.2 Å². The molecule has 0 aliphatic carbocycles. The largest absolute Gasteiger partial charge is 0.463 e. The number of halogens is 1. The Bertz CT molecular complexity index is 536. The molecule has 5 nitrogen and oxygen atoms in total. The van der Waals surface area contributed by atoms with Crippen LogP contribution in [0.5, 0.6) is 0 Å². The van der Waals surface area contributed by atoms with E-state index in [9.17, 15) is 19.2 Å². The number of benzene rings is 1. The quantitative estimate of drug-likeness (QED) is 0.343. The summed E-state index contributed by atoms with van der Waals surface area (Å²) in [4.78, 5) is 45.1. The van der Waals surface area contributed by atoms with Crippen LogP contribution in [0.1, 0.15) is 23.2 Å². The highest BCUT2D eigenvalue weighted by molar-refractivity contribution is 6.37. The van der Waals surface area contributed by atoms with Crippen molar-refractivity contribution in [2.45, 2.75) is 12.8 Å². The van der Waals surface area contributed by atoms with Crippen LogP contribution in [-0.4, -0.2) is 30.4 Å². The summed E-state index contributed by atoms with van der Waals surface area (Å²) in [6.07, 6.45) is -1.10. The Morgan fingerprint density at radius 1 is 1.16 bits per heavy atom. The Labute approximate surface area is 114 Å². The van der Waals surface area contributed by atoms with E-state index in [0.717, 1.165) is 7.11 Å². The molecule has 0 bridgehead atoms. The Balaban J connectivity index is 2.60. The smallest absolute Gasteiger partial charge is 0.374 e. The van der Waals surface area contributed by atoms with E-state index >= 15 is 0 Å². The molecule has 0 N–H and O–H groups in total. The molecule has 19 heavy (non-hydrogen) atoms. The van der Waals surface area contributed by atoms with Crippen molar-refractivity contribution in [1.82, 2.24) is 0 Å². The van der Waals surface area contributed by atoms with Gasteiger partial charge in [-0.1, -0.05) is 23.7 Å². The number of rotatable bonds is 6. The number of hydrogen-bond donors (Lipinski definition) is 0. The third-order valence-corrected chi connectivity index (χ3v) is 2.51. The van der Waals surface area contributed by atoms with Crippen LogP contribution < -0.4 is 0 Å². The number of carbonyl (C=O) groups excluding carboxylic acids is 4. The molecule has 0 unspecified atom stereocenters. The van der Waals surface area contributed by atoms with Gasteiger partial charge in [0.15, 0.2) is 5.78 Å². The van der Waals surface area contributed by atoms with Crippen molar-refractivity contribution in [1.29, 1.82) is 0 Å². The van der Waals surface area contributed by atoms with Gasteiger partial charge in [0.2, 0.25) is 5.78 Å². The van der Waals surface area contributed by atoms with Crippen LogP contribution in [-0.2, 0) is 19.1 Å². The molecule has 0 fully saturated rings. The summed E-state index contributed by atoms with van der Waals surface area (Å²) in [5.74, 6) is -3.15. The van der Waals surface area contributed by atoms with Gasteiger partial charge in [-0.15, -0.1) is 0 Å². The van der Waals surface area contributed by atoms with Crippen LogP contribution in [0, 0.1) is 0 Å². The van der Waals surface area contributed by atoms with Crippen molar-refractivity contribution >= 4 is 34.9 Å². The molecule has 1 aromatic carbocycles. The van der Waals surface area contributed by atoms with E-state index in [1.165, 1.54) is 12.1 Å². The first-order chi connectivity index (χ1) is 8.93. The van der Waals surface area contributed by atoms with E-state index in [4.69, 9.17) is 11.6 Å². The van der Waals surface area contributed by atoms with Gasteiger partial charge in [-0.3, -0.25) is 14.4 Å². The fraction of sp³-hybridized carbons (Fsp3) is 0.231. The normalized spacial score (nSPS) is 9.79. The maximum atomic E-state index is 11.7. The number of carbonyl (C=O) groups is 4. The van der Waals surface area contributed by atoms with Gasteiger partial charge in [0.25, 0.3) is 0 Å². The highest BCUT2D eigenvalue weighted by Gasteiger charge is 2.20. The van der Waals surface area contributed by atoms with Gasteiger partial charge in [0.1, 0.15) is 5.78 Å². The van der Waals surface area contributed by atoms with Gasteiger partial charge < -0.3 is 4.74 Å². The molecule has 0 saturated heterocycles. The first-order valence-electron chi connectivity index (χ1n) is 5.35. The van der Waals surface area contributed by atoms with Crippen LogP contribution in [0.15, 0.2) is 24.3 Å². The zero-order valence-electron chi connectivity index (χ0n) is 10.1. The summed E-state index contributed by atoms with van der Waals surface area (Å²) in [7, 11) is 1.04. The number of methoxy groups -OCH3 is 1. The van der Waals surface area contributed by atoms with Crippen LogP contribution in [0.3, 0.4) is 0 Å². The highest BCUT2D eigenvalue weighted by Crippen LogP contribution is 2.12. The lowest BCUT2D eigenvalue weighted by Crippen LogP contribution is -2.20. The highest BCUT2D eigenvalue weighted by atomic mass is 35.5. The van der Waals surface area contributed by atoms with Gasteiger partial charge in [0, 0.05) is 10.6 Å². The lowest BCUT2D eigenvalue weighted by atomic mass is 10.0. The molecule has 100 valence electrons. The molecule has 0 amide bonds. The van der Waals surface area contributed by atoms with Crippen molar-refractivity contribution in [2.75, 3.05) is 7.11 Å². The zero-order valence-corrected chi connectivity index (χ0v) is 10.9. The second kappa shape index (κ2) is 6.80. The minimum absolute atomic E-state index is 0.284. The summed E-state index contributed by atoms with van der Waals surface area (Å²) in [5, 5.41) is 0.379. The average molecular weight is 283 g/mol. The molecule has 6 heteroatoms. The van der Waals surface area contributed by atoms with E-state index in [0.29, 0.717) is 5.02 Å². The van der Waals surface area contributed by atoms with E-state index in [1.807, 2.05) is 0 Å². The molecular formula is C13H11ClO5. The lowest BCUT2D eigenvalue weighted by molar-refractivity contribution is -0.152. The Hall–Kier alpha value is -2.01. The summed E-state index contributed by atoms with van der Waals surface area (Å²) in [6, 6.07) is 6.13. The molecule has 0 saturated carbocycles. The number of esters is 1. The maximum Gasteiger partial charge on any atom is 0.374 e. The fourth-order valence-electron chi connectivity index (χ4n) is 1.37. The minimum Gasteiger partial charge on any atom is -0.463 e. The molecule has 0 aliphatic rings. The first-order valence-corrected chi connectivity index (χ1v) is 5.73. The predicted molar refractivity (Wildman–Crippen MR) is 67.0 cm³/mol. The second-order valence-electron chi connectivity index (χ2n) is 3.74. The molecular weight excluding hydrogens is 272 g/mol. The minimum atomic E-state index is -1.09. The van der Waals surface area contributed by atoms with Crippen LogP contribution in [0.2, 0.25) is 5.02 Å². The summed E-state index contributed by atoms with van der Waals surface area (Å²) in [5.41, 5.74) is 0.284. The van der Waals surface area contributed by atoms with Crippen molar-refractivity contribution in [3.63, 3.8) is 0 Å². The van der Waals surface area contributed by atoms with Gasteiger partial charge in [-0.25, -0.2) is 4.79 Å². The van der Waals surface area contributed by atoms with Crippen molar-refractivity contribution in [2.24, 2.45) is 0 Å². The SMILES string of the molecule is COC(=O)C(=O)CC(=O)CC(=O)c1cccc(Cl)c1. The fourth-order valence-corrected chi connectivity index (χ4v) is 1.56. The van der Waals surface area contributed by atoms with E-state index in [-0.39, 0.29) is 5.56 Å². The topological polar surface area (TPSA) is 77.5 Å². The van der Waals surface area contributed by atoms with Crippen LogP contribution in [0.25, 0.3) is 0 Å². The van der Waals surface area contributed by atoms with E-state index in [1.54, 1.807) is 12.1 Å². The first kappa shape index (κ1) is 15.0. The third-order valence-electron chi connectivity index (χ3n) is 2.28. The summed E-state index contributed by atoms with van der Waals surface area (Å²) >= 11 is 5.72. The lowest BCUT2D eigenvalue weighted by Gasteiger charge is -2.01. The molecule has 1 rings (SSSR count). The monoisotopic (exact) mass is 282 g/mol. The number of hydrogen-bond acceptors (Lipinski definition) is 5. The van der Waals surface area contributed by atoms with Gasteiger partial charge in [0.05, 0.1) is 20.0 Å². The van der Waals surface area contributed by atoms with Gasteiger partial charge in [-0.05, 0) is 12.1 Å². The zero-order chi connectivity index (χ0) is 14.4. The average Bonchev–Trinajstić information content (AvgIpc) is 2.37. The molecule has 0 aromatic heterocycles. The van der Waals surface area contributed by atoms with Gasteiger partial charge >= 0.3 is 5.97 Å². The number of Topliss-reactive ketones (excluding diaryl/α,β-unsaturated/α-hetero) is 3. The molecule has 0 heterocycles. The molecule has 0 atom stereocenters. The molecule has 1 aromatic rings. The maximum absolute atomic E-state index is 11.7. The van der Waals surface area contributed by atoms with Crippen molar-refractivity contribution in [3.8, 4) is 0 Å². The second-order valence-corrected chi connectivity index (χ2v) is 4.18. The Kier molecular flexibility index (Phi) is 5.38. The summed E-state index contributed by atoms with van der Waals surface area (Å²) < 4.78 is 4.18. The Morgan fingerprint density at radius 3 is 2.42 bits per heavy atom. The predicted octanol–water partition coefficient (Wildman–Crippen LogP) is 1.61. The number of ether oxygens (including phenoxy) is 1. The molecule has 0 aliphatic heterocycles. The van der Waals surface area contributed by atoms with E-state index in [2.05, 4.69) is 4.74 Å². The number of ketones is 3.